The molecular formula is C14H31B. The van der Waals surface area contributed by atoms with Crippen molar-refractivity contribution >= 4 is 7.85 Å². The summed E-state index contributed by atoms with van der Waals surface area (Å²) in [5.41, 5.74) is 0.914. The molecule has 0 aliphatic carbocycles. The fraction of sp³-hybridized carbons (Fsp3) is 1.00. The van der Waals surface area contributed by atoms with Crippen molar-refractivity contribution < 1.29 is 0 Å². The van der Waals surface area contributed by atoms with Gasteiger partial charge in [-0.05, 0) is 22.7 Å². The van der Waals surface area contributed by atoms with E-state index in [1.165, 1.54) is 6.42 Å². The van der Waals surface area contributed by atoms with Crippen LogP contribution in [-0.2, 0) is 0 Å². The van der Waals surface area contributed by atoms with Gasteiger partial charge in [-0.15, -0.1) is 0 Å². The van der Waals surface area contributed by atoms with Gasteiger partial charge < -0.3 is 0 Å². The minimum absolute atomic E-state index is 0.451. The van der Waals surface area contributed by atoms with Gasteiger partial charge in [-0.3, -0.25) is 0 Å². The maximum absolute atomic E-state index is 2.42. The second kappa shape index (κ2) is 4.93. The van der Waals surface area contributed by atoms with Gasteiger partial charge in [0.25, 0.3) is 0 Å². The van der Waals surface area contributed by atoms with Crippen molar-refractivity contribution in [2.75, 3.05) is 0 Å². The maximum atomic E-state index is 2.42. The van der Waals surface area contributed by atoms with Gasteiger partial charge in [0.2, 0.25) is 0 Å². The van der Waals surface area contributed by atoms with Gasteiger partial charge in [-0.2, -0.15) is 0 Å². The third-order valence-electron chi connectivity index (χ3n) is 5.15. The predicted octanol–water partition coefficient (Wildman–Crippen LogP) is 4.16. The molecule has 0 aromatic carbocycles. The first-order chi connectivity index (χ1) is 6.51. The van der Waals surface area contributed by atoms with Gasteiger partial charge in [0.1, 0.15) is 7.85 Å². The Kier molecular flexibility index (Phi) is 4.95. The molecule has 0 bridgehead atoms. The lowest BCUT2D eigenvalue weighted by atomic mass is 9.56. The second-order valence-corrected chi connectivity index (χ2v) is 7.22. The quantitative estimate of drug-likeness (QED) is 0.597. The summed E-state index contributed by atoms with van der Waals surface area (Å²) in [6, 6.07) is 0. The molecule has 0 fully saturated rings. The fourth-order valence-corrected chi connectivity index (χ4v) is 1.86. The molecule has 0 nitrogen and oxygen atoms in total. The van der Waals surface area contributed by atoms with Crippen molar-refractivity contribution in [1.82, 2.24) is 0 Å². The molecule has 0 aliphatic heterocycles. The van der Waals surface area contributed by atoms with Crippen molar-refractivity contribution in [3.05, 3.63) is 0 Å². The van der Waals surface area contributed by atoms with Crippen molar-refractivity contribution in [3.63, 3.8) is 0 Å². The van der Waals surface area contributed by atoms with E-state index < -0.39 is 0 Å². The molecule has 0 amide bonds. The van der Waals surface area contributed by atoms with E-state index in [1.807, 2.05) is 0 Å². The maximum Gasteiger partial charge on any atom is 0.106 e. The number of rotatable bonds is 5. The molecule has 0 aromatic rings. The molecule has 90 valence electrons. The summed E-state index contributed by atoms with van der Waals surface area (Å²) in [5.74, 6) is 2.31. The molecule has 0 saturated heterocycles. The van der Waals surface area contributed by atoms with Crippen LogP contribution >= 0.6 is 0 Å². The summed E-state index contributed by atoms with van der Waals surface area (Å²) in [5, 5.41) is 0. The van der Waals surface area contributed by atoms with Crippen LogP contribution in [0.5, 0.6) is 0 Å². The summed E-state index contributed by atoms with van der Waals surface area (Å²) >= 11 is 0. The van der Waals surface area contributed by atoms with E-state index in [0.29, 0.717) is 10.8 Å². The van der Waals surface area contributed by atoms with Crippen LogP contribution in [0.25, 0.3) is 0 Å². The number of hydrogen-bond donors (Lipinski definition) is 0. The standard InChI is InChI=1S/C14H31B/c1-10(2)13(5,6)9-12(15)14(7,8)11(3)4/h10-12H,9,15H2,1-8H3. The average molecular weight is 210 g/mol. The zero-order valence-corrected chi connectivity index (χ0v) is 12.4. The average Bonchev–Trinajstić information content (AvgIpc) is 2.02. The van der Waals surface area contributed by atoms with Crippen molar-refractivity contribution in [3.8, 4) is 0 Å². The van der Waals surface area contributed by atoms with Crippen LogP contribution < -0.4 is 0 Å². The third kappa shape index (κ3) is 3.85. The molecule has 1 unspecified atom stereocenters. The lowest BCUT2D eigenvalue weighted by Crippen LogP contribution is -2.31. The van der Waals surface area contributed by atoms with Crippen LogP contribution in [0, 0.1) is 22.7 Å². The van der Waals surface area contributed by atoms with Gasteiger partial charge in [0, 0.05) is 0 Å². The van der Waals surface area contributed by atoms with Gasteiger partial charge in [0.05, 0.1) is 0 Å². The Balaban J connectivity index is 4.56. The normalized spacial score (nSPS) is 16.1. The lowest BCUT2D eigenvalue weighted by molar-refractivity contribution is 0.151. The monoisotopic (exact) mass is 210 g/mol. The smallest absolute Gasteiger partial charge is 0.0639 e. The summed E-state index contributed by atoms with van der Waals surface area (Å²) in [6.07, 6.45) is 1.33. The Morgan fingerprint density at radius 3 is 1.53 bits per heavy atom. The van der Waals surface area contributed by atoms with Crippen LogP contribution in [0.4, 0.5) is 0 Å². The largest absolute Gasteiger partial charge is 0.106 e. The van der Waals surface area contributed by atoms with E-state index in [1.54, 1.807) is 0 Å². The van der Waals surface area contributed by atoms with Crippen molar-refractivity contribution in [1.29, 1.82) is 0 Å². The molecule has 0 N–H and O–H groups in total. The van der Waals surface area contributed by atoms with Gasteiger partial charge in [-0.25, -0.2) is 0 Å². The van der Waals surface area contributed by atoms with Crippen molar-refractivity contribution in [2.24, 2.45) is 22.7 Å². The highest BCUT2D eigenvalue weighted by atomic mass is 14.4. The Hall–Kier alpha value is 0.0649. The first kappa shape index (κ1) is 15.1. The van der Waals surface area contributed by atoms with E-state index in [-0.39, 0.29) is 0 Å². The molecule has 0 aliphatic rings. The van der Waals surface area contributed by atoms with E-state index in [9.17, 15) is 0 Å². The lowest BCUT2D eigenvalue weighted by Gasteiger charge is -2.42. The molecule has 1 heteroatoms. The van der Waals surface area contributed by atoms with Gasteiger partial charge in [0.15, 0.2) is 0 Å². The molecular weight excluding hydrogens is 179 g/mol. The zero-order valence-electron chi connectivity index (χ0n) is 12.4. The Morgan fingerprint density at radius 1 is 0.867 bits per heavy atom. The van der Waals surface area contributed by atoms with Crippen LogP contribution in [0.15, 0.2) is 0 Å². The van der Waals surface area contributed by atoms with Crippen LogP contribution in [0.2, 0.25) is 5.82 Å². The molecule has 0 spiro atoms. The topological polar surface area (TPSA) is 0 Å². The van der Waals surface area contributed by atoms with Gasteiger partial charge >= 0.3 is 0 Å². The summed E-state index contributed by atoms with van der Waals surface area (Å²) in [7, 11) is 2.42. The Labute approximate surface area is 98.6 Å². The highest BCUT2D eigenvalue weighted by Crippen LogP contribution is 2.45. The molecule has 1 atom stereocenters. The predicted molar refractivity (Wildman–Crippen MR) is 74.1 cm³/mol. The molecule has 0 aromatic heterocycles. The Bertz CT molecular complexity index is 190. The molecule has 0 rings (SSSR count). The molecule has 0 radical (unpaired) electrons. The summed E-state index contributed by atoms with van der Waals surface area (Å²) in [6.45, 7) is 19.0. The number of hydrogen-bond acceptors (Lipinski definition) is 0. The highest BCUT2D eigenvalue weighted by molar-refractivity contribution is 6.12. The van der Waals surface area contributed by atoms with E-state index in [0.717, 1.165) is 17.7 Å². The first-order valence-corrected chi connectivity index (χ1v) is 6.51. The third-order valence-corrected chi connectivity index (χ3v) is 5.15. The SMILES string of the molecule is BC(CC(C)(C)C(C)C)C(C)(C)C(C)C. The van der Waals surface area contributed by atoms with Gasteiger partial charge in [-0.1, -0.05) is 67.6 Å². The molecule has 15 heavy (non-hydrogen) atoms. The molecule has 0 saturated carbocycles. The van der Waals surface area contributed by atoms with E-state index in [4.69, 9.17) is 0 Å². The van der Waals surface area contributed by atoms with Crippen LogP contribution in [0.3, 0.4) is 0 Å². The summed E-state index contributed by atoms with van der Waals surface area (Å²) < 4.78 is 0. The van der Waals surface area contributed by atoms with Crippen LogP contribution in [0.1, 0.15) is 61.8 Å². The van der Waals surface area contributed by atoms with Crippen molar-refractivity contribution in [2.45, 2.75) is 67.6 Å². The minimum Gasteiger partial charge on any atom is -0.0639 e. The second-order valence-electron chi connectivity index (χ2n) is 7.22. The Morgan fingerprint density at radius 2 is 1.27 bits per heavy atom. The zero-order chi connectivity index (χ0) is 12.4. The minimum atomic E-state index is 0.451. The van der Waals surface area contributed by atoms with Crippen LogP contribution in [-0.4, -0.2) is 7.85 Å². The fourth-order valence-electron chi connectivity index (χ4n) is 1.86. The highest BCUT2D eigenvalue weighted by Gasteiger charge is 2.34. The summed E-state index contributed by atoms with van der Waals surface area (Å²) in [4.78, 5) is 0. The van der Waals surface area contributed by atoms with E-state index in [2.05, 4.69) is 63.2 Å². The molecule has 0 heterocycles. The first-order valence-electron chi connectivity index (χ1n) is 6.51. The van der Waals surface area contributed by atoms with E-state index >= 15 is 0 Å².